The van der Waals surface area contributed by atoms with Crippen molar-refractivity contribution in [2.45, 2.75) is 76.7 Å². The van der Waals surface area contributed by atoms with Crippen molar-refractivity contribution in [1.29, 1.82) is 0 Å². The number of piperidine rings is 1. The van der Waals surface area contributed by atoms with Gasteiger partial charge in [-0.3, -0.25) is 19.4 Å². The first-order chi connectivity index (χ1) is 22.2. The van der Waals surface area contributed by atoms with Gasteiger partial charge in [0, 0.05) is 45.8 Å². The molecule has 3 amide bonds. The number of para-hydroxylation sites is 1. The summed E-state index contributed by atoms with van der Waals surface area (Å²) in [7, 11) is 3.17. The Labute approximate surface area is 281 Å². The summed E-state index contributed by atoms with van der Waals surface area (Å²) in [5.41, 5.74) is -0.989. The molecule has 48 heavy (non-hydrogen) atoms. The van der Waals surface area contributed by atoms with E-state index in [0.29, 0.717) is 11.4 Å². The van der Waals surface area contributed by atoms with E-state index >= 15 is 8.78 Å². The monoisotopic (exact) mass is 702 g/mol. The van der Waals surface area contributed by atoms with Gasteiger partial charge in [-0.25, -0.2) is 18.6 Å². The van der Waals surface area contributed by atoms with E-state index in [-0.39, 0.29) is 55.4 Å². The minimum absolute atomic E-state index is 0.00140. The normalized spacial score (nSPS) is 20.1. The molecular formula is C32H40ClF5N6O4. The molecule has 264 valence electrons. The van der Waals surface area contributed by atoms with Gasteiger partial charge < -0.3 is 19.9 Å². The number of carbonyl (C=O) groups excluding carboxylic acids is 3. The van der Waals surface area contributed by atoms with E-state index in [4.69, 9.17) is 16.3 Å². The zero-order chi connectivity index (χ0) is 35.8. The van der Waals surface area contributed by atoms with Crippen LogP contribution in [0.4, 0.5) is 43.9 Å². The maximum Gasteiger partial charge on any atom is 0.416 e. The van der Waals surface area contributed by atoms with Crippen molar-refractivity contribution in [3.05, 3.63) is 46.6 Å². The van der Waals surface area contributed by atoms with E-state index in [1.807, 2.05) is 0 Å². The molecule has 0 aliphatic carbocycles. The van der Waals surface area contributed by atoms with Gasteiger partial charge in [-0.15, -0.1) is 0 Å². The quantitative estimate of drug-likeness (QED) is 0.343. The molecule has 2 atom stereocenters. The van der Waals surface area contributed by atoms with Crippen molar-refractivity contribution in [2.24, 2.45) is 0 Å². The van der Waals surface area contributed by atoms with Crippen LogP contribution in [0, 0.1) is 6.92 Å². The summed E-state index contributed by atoms with van der Waals surface area (Å²) in [5.74, 6) is -4.57. The summed E-state index contributed by atoms with van der Waals surface area (Å²) >= 11 is 6.59. The lowest BCUT2D eigenvalue weighted by molar-refractivity contribution is -0.137. The lowest BCUT2D eigenvalue weighted by Crippen LogP contribution is -2.59. The molecule has 3 heterocycles. The van der Waals surface area contributed by atoms with Crippen molar-refractivity contribution in [1.82, 2.24) is 15.2 Å². The van der Waals surface area contributed by atoms with Crippen LogP contribution in [-0.2, 0) is 20.5 Å². The number of likely N-dealkylation sites (N-methyl/N-ethyl adjacent to an activating group) is 2. The smallest absolute Gasteiger partial charge is 0.416 e. The number of hydrogen-bond donors (Lipinski definition) is 1. The van der Waals surface area contributed by atoms with Crippen molar-refractivity contribution in [3.63, 3.8) is 0 Å². The van der Waals surface area contributed by atoms with Gasteiger partial charge in [-0.05, 0) is 64.8 Å². The number of rotatable bonds is 8. The minimum Gasteiger partial charge on any atom is -0.444 e. The SMILES string of the molecule is Cc1cc(C(F)(F)F)cc(N2C(=O)CCC2C(=O)N(C)c2cccc(Cl)c2N(C)CCN2CCC(NC(=O)OC(C)(C)C)C(F)(F)C2)n1. The summed E-state index contributed by atoms with van der Waals surface area (Å²) in [6, 6.07) is 3.99. The van der Waals surface area contributed by atoms with Gasteiger partial charge in [0.05, 0.1) is 34.5 Å². The van der Waals surface area contributed by atoms with Crippen LogP contribution in [0.5, 0.6) is 0 Å². The van der Waals surface area contributed by atoms with E-state index in [0.717, 1.165) is 17.0 Å². The number of ether oxygens (including phenoxy) is 1. The number of alkyl carbamates (subject to hydrolysis) is 1. The lowest BCUT2D eigenvalue weighted by atomic mass is 10.0. The predicted octanol–water partition coefficient (Wildman–Crippen LogP) is 5.89. The number of hydrogen-bond acceptors (Lipinski definition) is 7. The third-order valence-corrected chi connectivity index (χ3v) is 8.48. The summed E-state index contributed by atoms with van der Waals surface area (Å²) in [4.78, 5) is 48.6. The highest BCUT2D eigenvalue weighted by Gasteiger charge is 2.46. The summed E-state index contributed by atoms with van der Waals surface area (Å²) in [5, 5.41) is 2.56. The average molecular weight is 703 g/mol. The molecule has 2 aliphatic heterocycles. The molecule has 0 radical (unpaired) electrons. The number of nitrogens with one attached hydrogen (secondary N) is 1. The van der Waals surface area contributed by atoms with Gasteiger partial charge in [0.1, 0.15) is 17.5 Å². The van der Waals surface area contributed by atoms with Crippen LogP contribution in [-0.4, -0.2) is 91.7 Å². The Kier molecular flexibility index (Phi) is 10.8. The first kappa shape index (κ1) is 37.1. The maximum absolute atomic E-state index is 15.0. The number of aromatic nitrogens is 1. The highest BCUT2D eigenvalue weighted by molar-refractivity contribution is 6.34. The molecule has 2 aliphatic rings. The van der Waals surface area contributed by atoms with Crippen molar-refractivity contribution in [3.8, 4) is 0 Å². The molecule has 0 saturated carbocycles. The van der Waals surface area contributed by atoms with Crippen molar-refractivity contribution in [2.75, 3.05) is 55.0 Å². The largest absolute Gasteiger partial charge is 0.444 e. The van der Waals surface area contributed by atoms with Crippen LogP contribution in [0.1, 0.15) is 51.3 Å². The number of aryl methyl sites for hydroxylation is 1. The van der Waals surface area contributed by atoms with Gasteiger partial charge in [0.15, 0.2) is 0 Å². The third-order valence-electron chi connectivity index (χ3n) is 8.17. The first-order valence-corrected chi connectivity index (χ1v) is 15.8. The molecule has 1 N–H and O–H groups in total. The Morgan fingerprint density at radius 3 is 2.46 bits per heavy atom. The summed E-state index contributed by atoms with van der Waals surface area (Å²) in [6.45, 7) is 6.44. The highest BCUT2D eigenvalue weighted by Crippen LogP contribution is 2.38. The Balaban J connectivity index is 1.47. The van der Waals surface area contributed by atoms with Gasteiger partial charge in [0.2, 0.25) is 11.8 Å². The number of pyridine rings is 1. The summed E-state index contributed by atoms with van der Waals surface area (Å²) in [6.07, 6.45) is -5.57. The zero-order valence-corrected chi connectivity index (χ0v) is 28.4. The predicted molar refractivity (Wildman–Crippen MR) is 172 cm³/mol. The van der Waals surface area contributed by atoms with Crippen molar-refractivity contribution >= 4 is 46.7 Å². The summed E-state index contributed by atoms with van der Waals surface area (Å²) < 4.78 is 75.8. The number of halogens is 6. The Morgan fingerprint density at radius 1 is 1.15 bits per heavy atom. The van der Waals surface area contributed by atoms with E-state index in [2.05, 4.69) is 10.3 Å². The van der Waals surface area contributed by atoms with Crippen molar-refractivity contribution < 1.29 is 41.1 Å². The van der Waals surface area contributed by atoms with Gasteiger partial charge >= 0.3 is 12.3 Å². The molecule has 0 spiro atoms. The fraction of sp³-hybridized carbons (Fsp3) is 0.562. The topological polar surface area (TPSA) is 98.3 Å². The van der Waals surface area contributed by atoms with Crippen LogP contribution in [0.3, 0.4) is 0 Å². The Hall–Kier alpha value is -3.72. The van der Waals surface area contributed by atoms with Gasteiger partial charge in [-0.2, -0.15) is 13.2 Å². The Morgan fingerprint density at radius 2 is 1.83 bits per heavy atom. The van der Waals surface area contributed by atoms with Gasteiger partial charge in [0.25, 0.3) is 5.92 Å². The molecule has 1 aromatic heterocycles. The maximum atomic E-state index is 15.0. The fourth-order valence-electron chi connectivity index (χ4n) is 5.87. The molecule has 0 bridgehead atoms. The number of amides is 3. The van der Waals surface area contributed by atoms with E-state index in [1.54, 1.807) is 55.8 Å². The fourth-order valence-corrected chi connectivity index (χ4v) is 6.18. The second kappa shape index (κ2) is 14.0. The second-order valence-corrected chi connectivity index (χ2v) is 13.5. The van der Waals surface area contributed by atoms with Crippen LogP contribution >= 0.6 is 11.6 Å². The van der Waals surface area contributed by atoms with Crippen LogP contribution in [0.2, 0.25) is 5.02 Å². The molecular weight excluding hydrogens is 663 g/mol. The Bertz CT molecular complexity index is 1540. The van der Waals surface area contributed by atoms with Crippen LogP contribution < -0.4 is 20.0 Å². The molecule has 10 nitrogen and oxygen atoms in total. The number of likely N-dealkylation sites (tertiary alicyclic amines) is 1. The van der Waals surface area contributed by atoms with E-state index < -0.39 is 59.8 Å². The number of alkyl halides is 5. The number of carbonyl (C=O) groups is 3. The van der Waals surface area contributed by atoms with Crippen LogP contribution in [0.15, 0.2) is 30.3 Å². The van der Waals surface area contributed by atoms with Gasteiger partial charge in [-0.1, -0.05) is 17.7 Å². The van der Waals surface area contributed by atoms with E-state index in [9.17, 15) is 27.6 Å². The minimum atomic E-state index is -4.68. The average Bonchev–Trinajstić information content (AvgIpc) is 3.35. The number of benzene rings is 1. The zero-order valence-electron chi connectivity index (χ0n) is 27.6. The third kappa shape index (κ3) is 8.65. The molecule has 2 fully saturated rings. The molecule has 16 heteroatoms. The molecule has 2 unspecified atom stereocenters. The molecule has 4 rings (SSSR count). The molecule has 2 aromatic rings. The number of nitrogens with zero attached hydrogens (tertiary/aromatic N) is 5. The number of anilines is 3. The first-order valence-electron chi connectivity index (χ1n) is 15.4. The highest BCUT2D eigenvalue weighted by atomic mass is 35.5. The lowest BCUT2D eigenvalue weighted by Gasteiger charge is -2.39. The standard InChI is InChI=1S/C32H40ClF5N6O4/c1-19-16-20(32(36,37)38)17-25(39-19)44-23(10-11-26(44)45)28(46)42(6)22-9-7-8-21(33)27(22)41(5)14-15-43-13-12-24(31(34,35)18-43)40-29(47)48-30(2,3)4/h7-9,16-17,23-24H,10-15,18H2,1-6H3,(H,40,47). The molecule has 2 saturated heterocycles. The molecule has 1 aromatic carbocycles. The van der Waals surface area contributed by atoms with Crippen LogP contribution in [0.25, 0.3) is 0 Å². The second-order valence-electron chi connectivity index (χ2n) is 13.1. The van der Waals surface area contributed by atoms with E-state index in [1.165, 1.54) is 18.9 Å².